The lowest BCUT2D eigenvalue weighted by atomic mass is 9.88. The highest BCUT2D eigenvalue weighted by molar-refractivity contribution is 5.93. The van der Waals surface area contributed by atoms with Crippen LogP contribution < -0.4 is 0 Å². The standard InChI is InChI=1S/C18H27N3O.C2H6/c1-13(2)14-10-20(11-14)12-15-6-5-7-16(19-15)17(22)21-9-8-18(21,3)4;1-2/h5-7,13-14H,8-12H2,1-4H3;1-2H3. The third-order valence-corrected chi connectivity index (χ3v) is 5.26. The third-order valence-electron chi connectivity index (χ3n) is 5.26. The summed E-state index contributed by atoms with van der Waals surface area (Å²) in [6.07, 6.45) is 1.07. The Labute approximate surface area is 147 Å². The molecule has 0 radical (unpaired) electrons. The molecule has 0 N–H and O–H groups in total. The van der Waals surface area contributed by atoms with Gasteiger partial charge in [0.2, 0.25) is 0 Å². The third kappa shape index (κ3) is 3.97. The van der Waals surface area contributed by atoms with E-state index in [0.717, 1.165) is 50.1 Å². The summed E-state index contributed by atoms with van der Waals surface area (Å²) in [5.74, 6) is 1.64. The molecule has 2 aliphatic rings. The second kappa shape index (κ2) is 7.64. The Hall–Kier alpha value is -1.42. The van der Waals surface area contributed by atoms with Gasteiger partial charge in [-0.3, -0.25) is 9.69 Å². The molecule has 0 saturated carbocycles. The quantitative estimate of drug-likeness (QED) is 0.841. The normalized spacial score (nSPS) is 20.0. The molecule has 2 saturated heterocycles. The van der Waals surface area contributed by atoms with E-state index >= 15 is 0 Å². The van der Waals surface area contributed by atoms with Gasteiger partial charge in [0, 0.05) is 31.7 Å². The van der Waals surface area contributed by atoms with Crippen molar-refractivity contribution in [2.24, 2.45) is 11.8 Å². The second-order valence-corrected chi connectivity index (χ2v) is 7.73. The summed E-state index contributed by atoms with van der Waals surface area (Å²) in [6.45, 7) is 16.8. The highest BCUT2D eigenvalue weighted by atomic mass is 16.2. The van der Waals surface area contributed by atoms with Crippen molar-refractivity contribution in [1.82, 2.24) is 14.8 Å². The molecule has 0 aliphatic carbocycles. The molecule has 0 unspecified atom stereocenters. The molecule has 3 heterocycles. The van der Waals surface area contributed by atoms with Crippen molar-refractivity contribution in [1.29, 1.82) is 0 Å². The lowest BCUT2D eigenvalue weighted by Gasteiger charge is -2.48. The predicted molar refractivity (Wildman–Crippen MR) is 98.9 cm³/mol. The molecule has 4 heteroatoms. The van der Waals surface area contributed by atoms with Crippen molar-refractivity contribution in [3.8, 4) is 0 Å². The fourth-order valence-corrected chi connectivity index (χ4v) is 3.26. The molecule has 134 valence electrons. The molecule has 1 aromatic heterocycles. The number of carbonyl (C=O) groups excluding carboxylic acids is 1. The molecule has 3 rings (SSSR count). The largest absolute Gasteiger partial charge is 0.332 e. The van der Waals surface area contributed by atoms with Crippen LogP contribution in [0.4, 0.5) is 0 Å². The van der Waals surface area contributed by atoms with Crippen LogP contribution >= 0.6 is 0 Å². The molecule has 1 aromatic rings. The molecular weight excluding hydrogens is 298 g/mol. The molecular formula is C20H33N3O. The maximum Gasteiger partial charge on any atom is 0.272 e. The molecule has 0 bridgehead atoms. The first kappa shape index (κ1) is 18.9. The zero-order valence-corrected chi connectivity index (χ0v) is 16.2. The molecule has 4 nitrogen and oxygen atoms in total. The summed E-state index contributed by atoms with van der Waals surface area (Å²) in [5, 5.41) is 0. The van der Waals surface area contributed by atoms with Gasteiger partial charge in [0.25, 0.3) is 5.91 Å². The average Bonchev–Trinajstić information content (AvgIpc) is 2.51. The van der Waals surface area contributed by atoms with Gasteiger partial charge in [-0.05, 0) is 44.2 Å². The molecule has 2 aliphatic heterocycles. The number of hydrogen-bond acceptors (Lipinski definition) is 3. The highest BCUT2D eigenvalue weighted by Crippen LogP contribution is 2.31. The minimum atomic E-state index is -0.0171. The van der Waals surface area contributed by atoms with E-state index in [-0.39, 0.29) is 11.4 Å². The van der Waals surface area contributed by atoms with Crippen LogP contribution in [0.1, 0.15) is 64.1 Å². The average molecular weight is 332 g/mol. The maximum atomic E-state index is 12.6. The number of likely N-dealkylation sites (tertiary alicyclic amines) is 2. The first-order valence-electron chi connectivity index (χ1n) is 9.37. The lowest BCUT2D eigenvalue weighted by Crippen LogP contribution is -2.58. The first-order valence-corrected chi connectivity index (χ1v) is 9.37. The Balaban J connectivity index is 0.00000100. The summed E-state index contributed by atoms with van der Waals surface area (Å²) in [5.41, 5.74) is 1.58. The molecule has 0 spiro atoms. The number of pyridine rings is 1. The number of rotatable bonds is 4. The van der Waals surface area contributed by atoms with E-state index in [0.29, 0.717) is 5.69 Å². The SMILES string of the molecule is CC.CC(C)C1CN(Cc2cccc(C(=O)N3CCC3(C)C)n2)C1. The Morgan fingerprint density at radius 1 is 1.29 bits per heavy atom. The van der Waals surface area contributed by atoms with Crippen LogP contribution in [0.2, 0.25) is 0 Å². The molecule has 0 aromatic carbocycles. The molecule has 0 atom stereocenters. The monoisotopic (exact) mass is 331 g/mol. The van der Waals surface area contributed by atoms with Crippen LogP contribution in [0.15, 0.2) is 18.2 Å². The fraction of sp³-hybridized carbons (Fsp3) is 0.700. The number of carbonyl (C=O) groups is 1. The Morgan fingerprint density at radius 2 is 1.96 bits per heavy atom. The van der Waals surface area contributed by atoms with Gasteiger partial charge in [-0.2, -0.15) is 0 Å². The van der Waals surface area contributed by atoms with E-state index in [4.69, 9.17) is 0 Å². The second-order valence-electron chi connectivity index (χ2n) is 7.73. The van der Waals surface area contributed by atoms with Crippen LogP contribution in [0.5, 0.6) is 0 Å². The summed E-state index contributed by atoms with van der Waals surface area (Å²) >= 11 is 0. The van der Waals surface area contributed by atoms with E-state index in [9.17, 15) is 4.79 Å². The number of nitrogens with zero attached hydrogens (tertiary/aromatic N) is 3. The highest BCUT2D eigenvalue weighted by Gasteiger charge is 2.40. The Bertz CT molecular complexity index is 562. The fourth-order valence-electron chi connectivity index (χ4n) is 3.26. The number of aromatic nitrogens is 1. The van der Waals surface area contributed by atoms with Gasteiger partial charge in [-0.25, -0.2) is 4.98 Å². The van der Waals surface area contributed by atoms with Crippen molar-refractivity contribution in [3.63, 3.8) is 0 Å². The van der Waals surface area contributed by atoms with Gasteiger partial charge in [0.15, 0.2) is 0 Å². The van der Waals surface area contributed by atoms with Gasteiger partial charge in [-0.15, -0.1) is 0 Å². The first-order chi connectivity index (χ1) is 11.4. The molecule has 1 amide bonds. The zero-order valence-electron chi connectivity index (χ0n) is 16.2. The molecule has 24 heavy (non-hydrogen) atoms. The Kier molecular flexibility index (Phi) is 6.02. The van der Waals surface area contributed by atoms with Crippen LogP contribution in [-0.4, -0.2) is 45.9 Å². The Morgan fingerprint density at radius 3 is 2.46 bits per heavy atom. The lowest BCUT2D eigenvalue weighted by molar-refractivity contribution is 0.0151. The van der Waals surface area contributed by atoms with E-state index in [1.165, 1.54) is 0 Å². The van der Waals surface area contributed by atoms with Crippen molar-refractivity contribution in [3.05, 3.63) is 29.6 Å². The van der Waals surface area contributed by atoms with Crippen molar-refractivity contribution in [2.75, 3.05) is 19.6 Å². The smallest absolute Gasteiger partial charge is 0.272 e. The van der Waals surface area contributed by atoms with Crippen molar-refractivity contribution >= 4 is 5.91 Å². The number of amides is 1. The van der Waals surface area contributed by atoms with Gasteiger partial charge < -0.3 is 4.90 Å². The number of hydrogen-bond donors (Lipinski definition) is 0. The van der Waals surface area contributed by atoms with E-state index < -0.39 is 0 Å². The van der Waals surface area contributed by atoms with E-state index in [1.54, 1.807) is 0 Å². The molecule has 2 fully saturated rings. The van der Waals surface area contributed by atoms with Gasteiger partial charge in [-0.1, -0.05) is 33.8 Å². The predicted octanol–water partition coefficient (Wildman–Crippen LogP) is 3.82. The van der Waals surface area contributed by atoms with Gasteiger partial charge in [0.05, 0.1) is 5.69 Å². The minimum absolute atomic E-state index is 0.0171. The van der Waals surface area contributed by atoms with Gasteiger partial charge in [0.1, 0.15) is 5.69 Å². The summed E-state index contributed by atoms with van der Waals surface area (Å²) < 4.78 is 0. The van der Waals surface area contributed by atoms with Crippen molar-refractivity contribution in [2.45, 2.75) is 60.0 Å². The van der Waals surface area contributed by atoms with E-state index in [1.807, 2.05) is 36.9 Å². The van der Waals surface area contributed by atoms with Crippen LogP contribution in [0, 0.1) is 11.8 Å². The summed E-state index contributed by atoms with van der Waals surface area (Å²) in [6, 6.07) is 5.83. The topological polar surface area (TPSA) is 36.4 Å². The van der Waals surface area contributed by atoms with Crippen LogP contribution in [0.25, 0.3) is 0 Å². The van der Waals surface area contributed by atoms with Crippen LogP contribution in [0.3, 0.4) is 0 Å². The summed E-state index contributed by atoms with van der Waals surface area (Å²) in [4.78, 5) is 21.5. The van der Waals surface area contributed by atoms with Gasteiger partial charge >= 0.3 is 0 Å². The van der Waals surface area contributed by atoms with E-state index in [2.05, 4.69) is 37.6 Å². The van der Waals surface area contributed by atoms with Crippen molar-refractivity contribution < 1.29 is 4.79 Å². The maximum absolute atomic E-state index is 12.6. The van der Waals surface area contributed by atoms with Crippen LogP contribution in [-0.2, 0) is 6.54 Å². The minimum Gasteiger partial charge on any atom is -0.332 e. The zero-order chi connectivity index (χ0) is 17.9. The summed E-state index contributed by atoms with van der Waals surface area (Å²) in [7, 11) is 0.